The number of nitriles is 1. The zero-order chi connectivity index (χ0) is 14.4. The summed E-state index contributed by atoms with van der Waals surface area (Å²) >= 11 is 0. The van der Waals surface area contributed by atoms with E-state index >= 15 is 0 Å². The minimum atomic E-state index is -0.170. The fourth-order valence-corrected chi connectivity index (χ4v) is 3.84. The fraction of sp³-hybridized carbons (Fsp3) is 0.412. The number of hydrogen-bond donors (Lipinski definition) is 1. The number of aliphatic hydroxyl groups is 1. The molecule has 1 aliphatic heterocycles. The summed E-state index contributed by atoms with van der Waals surface area (Å²) in [5.41, 5.74) is 1.54. The van der Waals surface area contributed by atoms with Crippen LogP contribution in [0.2, 0.25) is 0 Å². The zero-order valence-corrected chi connectivity index (χ0v) is 11.7. The number of aromatic nitrogens is 1. The van der Waals surface area contributed by atoms with Crippen LogP contribution < -0.4 is 4.90 Å². The Hall–Kier alpha value is -2.12. The monoisotopic (exact) mass is 279 g/mol. The molecule has 2 heterocycles. The lowest BCUT2D eigenvalue weighted by atomic mass is 10.00. The Morgan fingerprint density at radius 3 is 2.90 bits per heavy atom. The lowest BCUT2D eigenvalue weighted by molar-refractivity contribution is 0.133. The van der Waals surface area contributed by atoms with Crippen molar-refractivity contribution in [2.24, 2.45) is 11.8 Å². The molecular formula is C17H17N3O. The third-order valence-corrected chi connectivity index (χ3v) is 4.97. The van der Waals surface area contributed by atoms with Crippen molar-refractivity contribution in [3.05, 3.63) is 35.9 Å². The van der Waals surface area contributed by atoms with Crippen LogP contribution in [0.25, 0.3) is 10.9 Å². The number of rotatable bonds is 1. The molecule has 1 N–H and O–H groups in total. The first kappa shape index (κ1) is 12.6. The van der Waals surface area contributed by atoms with Gasteiger partial charge in [-0.2, -0.15) is 5.26 Å². The summed E-state index contributed by atoms with van der Waals surface area (Å²) in [5, 5.41) is 20.3. The van der Waals surface area contributed by atoms with E-state index < -0.39 is 0 Å². The van der Waals surface area contributed by atoms with Gasteiger partial charge in [0.15, 0.2) is 0 Å². The van der Waals surface area contributed by atoms with Crippen LogP contribution in [-0.4, -0.2) is 29.3 Å². The highest BCUT2D eigenvalue weighted by molar-refractivity contribution is 5.86. The van der Waals surface area contributed by atoms with Crippen molar-refractivity contribution in [2.75, 3.05) is 18.0 Å². The molecular weight excluding hydrogens is 262 g/mol. The van der Waals surface area contributed by atoms with Crippen LogP contribution in [0.1, 0.15) is 18.4 Å². The summed E-state index contributed by atoms with van der Waals surface area (Å²) in [7, 11) is 0. The van der Waals surface area contributed by atoms with Gasteiger partial charge in [0.1, 0.15) is 5.82 Å². The van der Waals surface area contributed by atoms with Crippen LogP contribution in [0.4, 0.5) is 5.82 Å². The standard InChI is InChI=1S/C17H17N3O/c18-8-12-7-17(19-15-4-2-1-3-13(12)15)20-9-11-5-6-16(21)14(11)10-20/h1-4,7,11,14,16,21H,5-6,9-10H2. The topological polar surface area (TPSA) is 60.2 Å². The average Bonchev–Trinajstić information content (AvgIpc) is 3.08. The van der Waals surface area contributed by atoms with E-state index in [2.05, 4.69) is 11.0 Å². The molecule has 3 unspecified atom stereocenters. The van der Waals surface area contributed by atoms with Gasteiger partial charge < -0.3 is 10.0 Å². The number of pyridine rings is 1. The van der Waals surface area contributed by atoms with Crippen molar-refractivity contribution in [1.82, 2.24) is 4.98 Å². The molecule has 2 aromatic rings. The highest BCUT2D eigenvalue weighted by Gasteiger charge is 2.42. The third-order valence-electron chi connectivity index (χ3n) is 4.97. The van der Waals surface area contributed by atoms with Gasteiger partial charge >= 0.3 is 0 Å². The highest BCUT2D eigenvalue weighted by atomic mass is 16.3. The minimum absolute atomic E-state index is 0.170. The Morgan fingerprint density at radius 2 is 2.10 bits per heavy atom. The van der Waals surface area contributed by atoms with E-state index in [1.54, 1.807) is 0 Å². The normalized spacial score (nSPS) is 27.8. The number of anilines is 1. The lowest BCUT2D eigenvalue weighted by Gasteiger charge is -2.20. The molecule has 4 rings (SSSR count). The van der Waals surface area contributed by atoms with Gasteiger partial charge in [0.2, 0.25) is 0 Å². The fourth-order valence-electron chi connectivity index (χ4n) is 3.84. The molecule has 1 aliphatic carbocycles. The van der Waals surface area contributed by atoms with Crippen LogP contribution in [0.3, 0.4) is 0 Å². The molecule has 1 saturated carbocycles. The summed E-state index contributed by atoms with van der Waals surface area (Å²) in [6, 6.07) is 11.9. The number of nitrogens with zero attached hydrogens (tertiary/aromatic N) is 3. The molecule has 1 saturated heterocycles. The number of aliphatic hydroxyl groups excluding tert-OH is 1. The van der Waals surface area contributed by atoms with Gasteiger partial charge in [-0.3, -0.25) is 0 Å². The van der Waals surface area contributed by atoms with Crippen LogP contribution in [-0.2, 0) is 0 Å². The quantitative estimate of drug-likeness (QED) is 0.870. The van der Waals surface area contributed by atoms with Gasteiger partial charge in [-0.1, -0.05) is 18.2 Å². The predicted molar refractivity (Wildman–Crippen MR) is 80.9 cm³/mol. The molecule has 0 bridgehead atoms. The molecule has 3 atom stereocenters. The Morgan fingerprint density at radius 1 is 1.24 bits per heavy atom. The second kappa shape index (κ2) is 4.71. The SMILES string of the molecule is N#Cc1cc(N2CC3CCC(O)C3C2)nc2ccccc12. The van der Waals surface area contributed by atoms with Crippen molar-refractivity contribution in [3.8, 4) is 6.07 Å². The van der Waals surface area contributed by atoms with Crippen molar-refractivity contribution >= 4 is 16.7 Å². The van der Waals surface area contributed by atoms with Crippen molar-refractivity contribution in [3.63, 3.8) is 0 Å². The van der Waals surface area contributed by atoms with Gasteiger partial charge in [-0.25, -0.2) is 4.98 Å². The van der Waals surface area contributed by atoms with Gasteiger partial charge in [0.25, 0.3) is 0 Å². The first-order chi connectivity index (χ1) is 10.3. The Kier molecular flexibility index (Phi) is 2.83. The number of benzene rings is 1. The summed E-state index contributed by atoms with van der Waals surface area (Å²) in [4.78, 5) is 6.94. The van der Waals surface area contributed by atoms with Gasteiger partial charge in [-0.15, -0.1) is 0 Å². The molecule has 1 aromatic heterocycles. The third kappa shape index (κ3) is 1.97. The van der Waals surface area contributed by atoms with Crippen molar-refractivity contribution in [1.29, 1.82) is 5.26 Å². The second-order valence-corrected chi connectivity index (χ2v) is 6.13. The van der Waals surface area contributed by atoms with Crippen LogP contribution in [0.15, 0.2) is 30.3 Å². The molecule has 106 valence electrons. The summed E-state index contributed by atoms with van der Waals surface area (Å²) in [6.45, 7) is 1.79. The van der Waals surface area contributed by atoms with E-state index in [-0.39, 0.29) is 6.10 Å². The average molecular weight is 279 g/mol. The molecule has 2 fully saturated rings. The summed E-state index contributed by atoms with van der Waals surface area (Å²) < 4.78 is 0. The molecule has 2 aliphatic rings. The highest BCUT2D eigenvalue weighted by Crippen LogP contribution is 2.39. The molecule has 0 radical (unpaired) electrons. The van der Waals surface area contributed by atoms with Gasteiger partial charge in [0, 0.05) is 24.4 Å². The number of hydrogen-bond acceptors (Lipinski definition) is 4. The van der Waals surface area contributed by atoms with E-state index in [1.807, 2.05) is 30.3 Å². The van der Waals surface area contributed by atoms with Crippen LogP contribution in [0.5, 0.6) is 0 Å². The first-order valence-corrected chi connectivity index (χ1v) is 7.49. The van der Waals surface area contributed by atoms with E-state index in [9.17, 15) is 10.4 Å². The van der Waals surface area contributed by atoms with E-state index in [1.165, 1.54) is 0 Å². The maximum absolute atomic E-state index is 10.0. The molecule has 0 spiro atoms. The summed E-state index contributed by atoms with van der Waals surface area (Å²) in [5.74, 6) is 1.80. The largest absolute Gasteiger partial charge is 0.393 e. The van der Waals surface area contributed by atoms with Crippen LogP contribution in [0, 0.1) is 23.2 Å². The molecule has 0 amide bonds. The Balaban J connectivity index is 1.73. The maximum Gasteiger partial charge on any atom is 0.130 e. The van der Waals surface area contributed by atoms with Gasteiger partial charge in [0.05, 0.1) is 23.3 Å². The van der Waals surface area contributed by atoms with Crippen molar-refractivity contribution < 1.29 is 5.11 Å². The summed E-state index contributed by atoms with van der Waals surface area (Å²) in [6.07, 6.45) is 1.86. The molecule has 21 heavy (non-hydrogen) atoms. The maximum atomic E-state index is 10.0. The van der Waals surface area contributed by atoms with E-state index in [4.69, 9.17) is 4.98 Å². The second-order valence-electron chi connectivity index (χ2n) is 6.13. The lowest BCUT2D eigenvalue weighted by Crippen LogP contribution is -2.25. The molecule has 4 heteroatoms. The van der Waals surface area contributed by atoms with Gasteiger partial charge in [-0.05, 0) is 30.9 Å². The minimum Gasteiger partial charge on any atom is -0.393 e. The van der Waals surface area contributed by atoms with E-state index in [0.29, 0.717) is 17.4 Å². The van der Waals surface area contributed by atoms with Crippen LogP contribution >= 0.6 is 0 Å². The molecule has 4 nitrogen and oxygen atoms in total. The molecule has 1 aromatic carbocycles. The number of para-hydroxylation sites is 1. The first-order valence-electron chi connectivity index (χ1n) is 7.49. The zero-order valence-electron chi connectivity index (χ0n) is 11.7. The number of fused-ring (bicyclic) bond motifs is 2. The predicted octanol–water partition coefficient (Wildman–Crippen LogP) is 2.31. The Labute approximate surface area is 123 Å². The smallest absolute Gasteiger partial charge is 0.130 e. The van der Waals surface area contributed by atoms with E-state index in [0.717, 1.165) is 42.7 Å². The van der Waals surface area contributed by atoms with Crippen molar-refractivity contribution in [2.45, 2.75) is 18.9 Å². The Bertz CT molecular complexity index is 736.